The molecular weight excluding hydrogens is 312 g/mol. The molecule has 0 atom stereocenters. The van der Waals surface area contributed by atoms with Crippen LogP contribution in [-0.2, 0) is 18.9 Å². The molecule has 1 saturated heterocycles. The van der Waals surface area contributed by atoms with Gasteiger partial charge < -0.3 is 5.32 Å². The van der Waals surface area contributed by atoms with Crippen molar-refractivity contribution in [2.24, 2.45) is 14.1 Å². The van der Waals surface area contributed by atoms with E-state index < -0.39 is 0 Å². The molecule has 3 heterocycles. The van der Waals surface area contributed by atoms with Gasteiger partial charge in [-0.2, -0.15) is 10.2 Å². The second kappa shape index (κ2) is 5.31. The summed E-state index contributed by atoms with van der Waals surface area (Å²) in [6.45, 7) is 5.73. The lowest BCUT2D eigenvalue weighted by molar-refractivity contribution is -0.113. The summed E-state index contributed by atoms with van der Waals surface area (Å²) < 4.78 is 3.46. The summed E-state index contributed by atoms with van der Waals surface area (Å²) in [5, 5.41) is 12.0. The lowest BCUT2D eigenvalue weighted by Gasteiger charge is -2.11. The van der Waals surface area contributed by atoms with E-state index in [1.54, 1.807) is 21.6 Å². The highest BCUT2D eigenvalue weighted by atomic mass is 32.1. The molecule has 23 heavy (non-hydrogen) atoms. The average molecular weight is 330 g/mol. The molecule has 0 bridgehead atoms. The maximum atomic E-state index is 12.8. The van der Waals surface area contributed by atoms with Crippen LogP contribution in [-0.4, -0.2) is 30.6 Å². The van der Waals surface area contributed by atoms with E-state index in [0.29, 0.717) is 16.5 Å². The summed E-state index contributed by atoms with van der Waals surface area (Å²) in [7, 11) is 3.69. The Hall–Kier alpha value is -2.48. The lowest BCUT2D eigenvalue weighted by Crippen LogP contribution is -2.30. The number of nitrogens with zero attached hydrogens (tertiary/aromatic N) is 5. The largest absolute Gasteiger partial charge is 0.327 e. The Morgan fingerprint density at radius 2 is 1.87 bits per heavy atom. The lowest BCUT2D eigenvalue weighted by atomic mass is 10.1. The van der Waals surface area contributed by atoms with Crippen molar-refractivity contribution in [3.05, 3.63) is 34.5 Å². The first-order valence-electron chi connectivity index (χ1n) is 7.17. The standard InChI is InChI=1S/C15H18N6OS/c1-8-11(10(3)20(5)18-8)6-12-14(22)21(15(23)16-12)13-7-19(4)17-9(13)2/h6-7H,1-5H3,(H,16,23)/b12-6+. The molecule has 1 N–H and O–H groups in total. The van der Waals surface area contributed by atoms with Crippen molar-refractivity contribution < 1.29 is 4.79 Å². The Bertz CT molecular complexity index is 860. The van der Waals surface area contributed by atoms with Gasteiger partial charge in [0.2, 0.25) is 0 Å². The van der Waals surface area contributed by atoms with Gasteiger partial charge >= 0.3 is 0 Å². The molecule has 1 aliphatic heterocycles. The molecule has 1 fully saturated rings. The summed E-state index contributed by atoms with van der Waals surface area (Å²) in [5.41, 5.74) is 4.67. The van der Waals surface area contributed by atoms with E-state index in [-0.39, 0.29) is 5.91 Å². The molecule has 120 valence electrons. The summed E-state index contributed by atoms with van der Waals surface area (Å²) >= 11 is 5.33. The highest BCUT2D eigenvalue weighted by molar-refractivity contribution is 7.80. The number of nitrogens with one attached hydrogen (secondary N) is 1. The third kappa shape index (κ3) is 2.44. The summed E-state index contributed by atoms with van der Waals surface area (Å²) in [4.78, 5) is 14.2. The number of aryl methyl sites for hydroxylation is 4. The van der Waals surface area contributed by atoms with Crippen molar-refractivity contribution in [3.63, 3.8) is 0 Å². The van der Waals surface area contributed by atoms with Crippen LogP contribution in [0, 0.1) is 20.8 Å². The normalized spacial score (nSPS) is 16.6. The number of rotatable bonds is 2. The Morgan fingerprint density at radius 3 is 2.39 bits per heavy atom. The molecular formula is C15H18N6OS. The summed E-state index contributed by atoms with van der Waals surface area (Å²) in [5.74, 6) is -0.186. The monoisotopic (exact) mass is 330 g/mol. The van der Waals surface area contributed by atoms with Crippen LogP contribution in [0.1, 0.15) is 22.6 Å². The third-order valence-electron chi connectivity index (χ3n) is 3.96. The van der Waals surface area contributed by atoms with Crippen LogP contribution >= 0.6 is 12.2 Å². The molecule has 0 radical (unpaired) electrons. The molecule has 7 nitrogen and oxygen atoms in total. The fourth-order valence-corrected chi connectivity index (χ4v) is 2.99. The zero-order chi connectivity index (χ0) is 16.9. The van der Waals surface area contributed by atoms with Crippen LogP contribution in [0.4, 0.5) is 5.69 Å². The zero-order valence-electron chi connectivity index (χ0n) is 13.7. The minimum atomic E-state index is -0.186. The second-order valence-corrected chi connectivity index (χ2v) is 6.00. The third-order valence-corrected chi connectivity index (χ3v) is 4.24. The molecule has 0 aromatic carbocycles. The minimum Gasteiger partial charge on any atom is -0.327 e. The molecule has 0 saturated carbocycles. The Labute approximate surface area is 139 Å². The van der Waals surface area contributed by atoms with Crippen LogP contribution < -0.4 is 10.2 Å². The van der Waals surface area contributed by atoms with Gasteiger partial charge in [0.15, 0.2) is 5.11 Å². The number of carbonyl (C=O) groups is 1. The Morgan fingerprint density at radius 1 is 1.17 bits per heavy atom. The van der Waals surface area contributed by atoms with E-state index in [1.807, 2.05) is 34.9 Å². The van der Waals surface area contributed by atoms with Crippen LogP contribution in [0.2, 0.25) is 0 Å². The number of anilines is 1. The fraction of sp³-hybridized carbons (Fsp3) is 0.333. The van der Waals surface area contributed by atoms with E-state index >= 15 is 0 Å². The maximum Gasteiger partial charge on any atom is 0.281 e. The van der Waals surface area contributed by atoms with E-state index in [0.717, 1.165) is 22.6 Å². The van der Waals surface area contributed by atoms with Crippen LogP contribution in [0.15, 0.2) is 11.9 Å². The first kappa shape index (κ1) is 15.4. The van der Waals surface area contributed by atoms with Gasteiger partial charge in [0, 0.05) is 31.5 Å². The van der Waals surface area contributed by atoms with Gasteiger partial charge in [-0.25, -0.2) is 4.90 Å². The molecule has 0 spiro atoms. The molecule has 2 aromatic rings. The van der Waals surface area contributed by atoms with Gasteiger partial charge in [-0.15, -0.1) is 0 Å². The summed E-state index contributed by atoms with van der Waals surface area (Å²) in [6, 6.07) is 0. The predicted molar refractivity (Wildman–Crippen MR) is 91.8 cm³/mol. The Balaban J connectivity index is 2.01. The Kier molecular flexibility index (Phi) is 3.56. The van der Waals surface area contributed by atoms with Crippen molar-refractivity contribution in [1.29, 1.82) is 0 Å². The predicted octanol–water partition coefficient (Wildman–Crippen LogP) is 1.34. The van der Waals surface area contributed by atoms with Gasteiger partial charge in [0.1, 0.15) is 5.70 Å². The quantitative estimate of drug-likeness (QED) is 0.665. The van der Waals surface area contributed by atoms with Crippen molar-refractivity contribution in [2.75, 3.05) is 4.90 Å². The van der Waals surface area contributed by atoms with Crippen LogP contribution in [0.3, 0.4) is 0 Å². The van der Waals surface area contributed by atoms with Crippen molar-refractivity contribution in [1.82, 2.24) is 24.9 Å². The van der Waals surface area contributed by atoms with Gasteiger partial charge in [-0.1, -0.05) is 0 Å². The molecule has 2 aromatic heterocycles. The van der Waals surface area contributed by atoms with Gasteiger partial charge in [-0.3, -0.25) is 14.2 Å². The highest BCUT2D eigenvalue weighted by Crippen LogP contribution is 2.25. The van der Waals surface area contributed by atoms with E-state index in [2.05, 4.69) is 15.5 Å². The van der Waals surface area contributed by atoms with Crippen molar-refractivity contribution in [3.8, 4) is 0 Å². The topological polar surface area (TPSA) is 68.0 Å². The van der Waals surface area contributed by atoms with Gasteiger partial charge in [-0.05, 0) is 39.1 Å². The second-order valence-electron chi connectivity index (χ2n) is 5.61. The fourth-order valence-electron chi connectivity index (χ4n) is 2.70. The maximum absolute atomic E-state index is 12.8. The smallest absolute Gasteiger partial charge is 0.281 e. The molecule has 0 aliphatic carbocycles. The highest BCUT2D eigenvalue weighted by Gasteiger charge is 2.34. The number of thiocarbonyl (C=S) groups is 1. The molecule has 8 heteroatoms. The number of aromatic nitrogens is 4. The van der Waals surface area contributed by atoms with E-state index in [1.165, 1.54) is 4.90 Å². The van der Waals surface area contributed by atoms with Gasteiger partial charge in [0.25, 0.3) is 5.91 Å². The number of amides is 1. The van der Waals surface area contributed by atoms with Gasteiger partial charge in [0.05, 0.1) is 17.1 Å². The molecule has 1 amide bonds. The van der Waals surface area contributed by atoms with Crippen LogP contribution in [0.5, 0.6) is 0 Å². The van der Waals surface area contributed by atoms with E-state index in [4.69, 9.17) is 12.2 Å². The first-order chi connectivity index (χ1) is 10.8. The number of hydrogen-bond donors (Lipinski definition) is 1. The number of hydrogen-bond acceptors (Lipinski definition) is 4. The zero-order valence-corrected chi connectivity index (χ0v) is 14.5. The molecule has 3 rings (SSSR count). The minimum absolute atomic E-state index is 0.186. The summed E-state index contributed by atoms with van der Waals surface area (Å²) in [6.07, 6.45) is 3.59. The first-order valence-corrected chi connectivity index (χ1v) is 7.58. The SMILES string of the molecule is Cc1nn(C)cc1N1C(=O)/C(=C\c2c(C)nn(C)c2C)NC1=S. The average Bonchev–Trinajstić information content (AvgIpc) is 3.01. The molecule has 0 unspecified atom stereocenters. The van der Waals surface area contributed by atoms with E-state index in [9.17, 15) is 4.79 Å². The van der Waals surface area contributed by atoms with Crippen molar-refractivity contribution in [2.45, 2.75) is 20.8 Å². The van der Waals surface area contributed by atoms with Crippen molar-refractivity contribution >= 4 is 35.0 Å². The van der Waals surface area contributed by atoms with Crippen LogP contribution in [0.25, 0.3) is 6.08 Å². The molecule has 1 aliphatic rings. The number of carbonyl (C=O) groups excluding carboxylic acids is 1.